The molecule has 1 amide bonds. The van der Waals surface area contributed by atoms with Gasteiger partial charge in [-0.15, -0.1) is 0 Å². The van der Waals surface area contributed by atoms with Crippen LogP contribution < -0.4 is 5.32 Å². The zero-order valence-electron chi connectivity index (χ0n) is 15.1. The number of carboxylic acid groups (broad SMARTS) is 1. The maximum Gasteiger partial charge on any atom is 0.416 e. The standard InChI is InChI=1S/C18H24F3N3O3/c1-23(12-17(26)27)15-3-2-9-24(10-8-15)11-16(25)22-14-6-4-13(5-7-14)18(19,20)21/h4-7,15H,2-3,8-12H2,1H3,(H,22,25)(H,26,27). The molecular formula is C18H24F3N3O3. The number of likely N-dealkylation sites (tertiary alicyclic amines) is 1. The highest BCUT2D eigenvalue weighted by Crippen LogP contribution is 2.29. The van der Waals surface area contributed by atoms with Gasteiger partial charge in [-0.3, -0.25) is 19.4 Å². The molecule has 2 rings (SSSR count). The summed E-state index contributed by atoms with van der Waals surface area (Å²) in [5.41, 5.74) is -0.438. The maximum atomic E-state index is 12.6. The third kappa shape index (κ3) is 6.84. The quantitative estimate of drug-likeness (QED) is 0.785. The van der Waals surface area contributed by atoms with E-state index in [1.165, 1.54) is 12.1 Å². The summed E-state index contributed by atoms with van der Waals surface area (Å²) in [4.78, 5) is 26.8. The smallest absolute Gasteiger partial charge is 0.416 e. The molecule has 0 radical (unpaired) electrons. The molecule has 2 N–H and O–H groups in total. The summed E-state index contributed by atoms with van der Waals surface area (Å²) in [6, 6.07) is 4.50. The van der Waals surface area contributed by atoms with Gasteiger partial charge >= 0.3 is 12.1 Å². The summed E-state index contributed by atoms with van der Waals surface area (Å²) >= 11 is 0. The van der Waals surface area contributed by atoms with Crippen LogP contribution in [0.15, 0.2) is 24.3 Å². The number of halogens is 3. The van der Waals surface area contributed by atoms with Gasteiger partial charge in [-0.2, -0.15) is 13.2 Å². The van der Waals surface area contributed by atoms with Crippen LogP contribution >= 0.6 is 0 Å². The maximum absolute atomic E-state index is 12.6. The van der Waals surface area contributed by atoms with Crippen molar-refractivity contribution in [3.8, 4) is 0 Å². The number of likely N-dealkylation sites (N-methyl/N-ethyl adjacent to an activating group) is 1. The Morgan fingerprint density at radius 3 is 2.48 bits per heavy atom. The van der Waals surface area contributed by atoms with E-state index in [1.54, 1.807) is 7.05 Å². The first-order valence-corrected chi connectivity index (χ1v) is 8.76. The van der Waals surface area contributed by atoms with E-state index in [9.17, 15) is 22.8 Å². The highest BCUT2D eigenvalue weighted by molar-refractivity contribution is 5.92. The number of rotatable bonds is 6. The number of carboxylic acids is 1. The van der Waals surface area contributed by atoms with Crippen molar-refractivity contribution < 1.29 is 27.9 Å². The Bertz CT molecular complexity index is 649. The van der Waals surface area contributed by atoms with E-state index >= 15 is 0 Å². The van der Waals surface area contributed by atoms with Crippen LogP contribution in [0.3, 0.4) is 0 Å². The van der Waals surface area contributed by atoms with Crippen LogP contribution in [-0.4, -0.2) is 66.1 Å². The number of anilines is 1. The Hall–Kier alpha value is -2.13. The third-order valence-corrected chi connectivity index (χ3v) is 4.66. The minimum absolute atomic E-state index is 0.0148. The predicted molar refractivity (Wildman–Crippen MR) is 94.4 cm³/mol. The topological polar surface area (TPSA) is 72.9 Å². The van der Waals surface area contributed by atoms with E-state index in [0.717, 1.165) is 37.9 Å². The number of carbonyl (C=O) groups excluding carboxylic acids is 1. The fourth-order valence-corrected chi connectivity index (χ4v) is 3.23. The fourth-order valence-electron chi connectivity index (χ4n) is 3.23. The van der Waals surface area contributed by atoms with Crippen molar-refractivity contribution in [2.24, 2.45) is 0 Å². The summed E-state index contributed by atoms with van der Waals surface area (Å²) in [5.74, 6) is -1.15. The molecule has 27 heavy (non-hydrogen) atoms. The SMILES string of the molecule is CN(CC(=O)O)C1CCCN(CC(=O)Nc2ccc(C(F)(F)F)cc2)CC1. The average molecular weight is 387 g/mol. The number of amides is 1. The number of carbonyl (C=O) groups is 2. The van der Waals surface area contributed by atoms with Crippen LogP contribution in [0.1, 0.15) is 24.8 Å². The lowest BCUT2D eigenvalue weighted by atomic mass is 10.1. The lowest BCUT2D eigenvalue weighted by Gasteiger charge is -2.25. The van der Waals surface area contributed by atoms with Gasteiger partial charge in [0.25, 0.3) is 0 Å². The summed E-state index contributed by atoms with van der Waals surface area (Å²) in [6.45, 7) is 1.52. The number of alkyl halides is 3. The Morgan fingerprint density at radius 1 is 1.22 bits per heavy atom. The molecule has 0 spiro atoms. The van der Waals surface area contributed by atoms with E-state index in [2.05, 4.69) is 5.32 Å². The van der Waals surface area contributed by atoms with Gasteiger partial charge in [-0.1, -0.05) is 0 Å². The number of hydrogen-bond acceptors (Lipinski definition) is 4. The van der Waals surface area contributed by atoms with Crippen LogP contribution in [0.2, 0.25) is 0 Å². The Kier molecular flexibility index (Phi) is 7.20. The predicted octanol–water partition coefficient (Wildman–Crippen LogP) is 2.51. The summed E-state index contributed by atoms with van der Waals surface area (Å²) < 4.78 is 37.7. The number of aliphatic carboxylic acids is 1. The van der Waals surface area contributed by atoms with Crippen molar-refractivity contribution in [2.75, 3.05) is 38.5 Å². The van der Waals surface area contributed by atoms with E-state index in [1.807, 2.05) is 9.80 Å². The van der Waals surface area contributed by atoms with Crippen molar-refractivity contribution in [2.45, 2.75) is 31.5 Å². The summed E-state index contributed by atoms with van der Waals surface area (Å²) in [5, 5.41) is 11.5. The molecule has 1 aliphatic heterocycles. The second-order valence-corrected chi connectivity index (χ2v) is 6.79. The lowest BCUT2D eigenvalue weighted by Crippen LogP contribution is -2.37. The first-order valence-electron chi connectivity index (χ1n) is 8.76. The monoisotopic (exact) mass is 387 g/mol. The zero-order chi connectivity index (χ0) is 20.0. The van der Waals surface area contributed by atoms with Gasteiger partial charge in [0.15, 0.2) is 0 Å². The molecule has 1 aromatic carbocycles. The molecule has 1 aromatic rings. The molecular weight excluding hydrogens is 363 g/mol. The number of nitrogens with zero attached hydrogens (tertiary/aromatic N) is 2. The van der Waals surface area contributed by atoms with Crippen LogP contribution in [0, 0.1) is 0 Å². The molecule has 1 unspecified atom stereocenters. The molecule has 150 valence electrons. The van der Waals surface area contributed by atoms with Crippen molar-refractivity contribution >= 4 is 17.6 Å². The van der Waals surface area contributed by atoms with E-state index < -0.39 is 17.7 Å². The van der Waals surface area contributed by atoms with Crippen LogP contribution in [0.5, 0.6) is 0 Å². The molecule has 0 saturated carbocycles. The highest BCUT2D eigenvalue weighted by atomic mass is 19.4. The first-order chi connectivity index (χ1) is 12.6. The molecule has 1 saturated heterocycles. The van der Waals surface area contributed by atoms with Gasteiger partial charge in [-0.25, -0.2) is 0 Å². The molecule has 1 atom stereocenters. The van der Waals surface area contributed by atoms with Gasteiger partial charge in [0.05, 0.1) is 18.7 Å². The van der Waals surface area contributed by atoms with Crippen molar-refractivity contribution in [3.05, 3.63) is 29.8 Å². The van der Waals surface area contributed by atoms with Gasteiger partial charge < -0.3 is 10.4 Å². The average Bonchev–Trinajstić information content (AvgIpc) is 2.79. The first kappa shape index (κ1) is 21.2. The minimum atomic E-state index is -4.40. The van der Waals surface area contributed by atoms with Crippen LogP contribution in [-0.2, 0) is 15.8 Å². The molecule has 1 aliphatic rings. The Morgan fingerprint density at radius 2 is 1.89 bits per heavy atom. The van der Waals surface area contributed by atoms with Crippen LogP contribution in [0.4, 0.5) is 18.9 Å². The number of nitrogens with one attached hydrogen (secondary N) is 1. The number of benzene rings is 1. The molecule has 1 heterocycles. The lowest BCUT2D eigenvalue weighted by molar-refractivity contribution is -0.139. The fraction of sp³-hybridized carbons (Fsp3) is 0.556. The van der Waals surface area contributed by atoms with Crippen LogP contribution in [0.25, 0.3) is 0 Å². The van der Waals surface area contributed by atoms with Crippen molar-refractivity contribution in [1.29, 1.82) is 0 Å². The van der Waals surface area contributed by atoms with E-state index in [4.69, 9.17) is 5.11 Å². The Balaban J connectivity index is 1.83. The molecule has 9 heteroatoms. The number of hydrogen-bond donors (Lipinski definition) is 2. The summed E-state index contributed by atoms with van der Waals surface area (Å²) in [6.07, 6.45) is -1.93. The minimum Gasteiger partial charge on any atom is -0.480 e. The van der Waals surface area contributed by atoms with Gasteiger partial charge in [-0.05, 0) is 57.1 Å². The second kappa shape index (κ2) is 9.18. The van der Waals surface area contributed by atoms with E-state index in [0.29, 0.717) is 12.2 Å². The van der Waals surface area contributed by atoms with Gasteiger partial charge in [0, 0.05) is 18.3 Å². The zero-order valence-corrected chi connectivity index (χ0v) is 15.1. The normalized spacial score (nSPS) is 18.9. The van der Waals surface area contributed by atoms with E-state index in [-0.39, 0.29) is 25.0 Å². The highest BCUT2D eigenvalue weighted by Gasteiger charge is 2.30. The molecule has 6 nitrogen and oxygen atoms in total. The largest absolute Gasteiger partial charge is 0.480 e. The molecule has 0 aromatic heterocycles. The Labute approximate surface area is 155 Å². The summed E-state index contributed by atoms with van der Waals surface area (Å²) in [7, 11) is 1.78. The van der Waals surface area contributed by atoms with Gasteiger partial charge in [0.1, 0.15) is 0 Å². The molecule has 0 aliphatic carbocycles. The molecule has 1 fully saturated rings. The second-order valence-electron chi connectivity index (χ2n) is 6.79. The van der Waals surface area contributed by atoms with Crippen molar-refractivity contribution in [1.82, 2.24) is 9.80 Å². The molecule has 0 bridgehead atoms. The van der Waals surface area contributed by atoms with Crippen molar-refractivity contribution in [3.63, 3.8) is 0 Å². The third-order valence-electron chi connectivity index (χ3n) is 4.66. The van der Waals surface area contributed by atoms with Gasteiger partial charge in [0.2, 0.25) is 5.91 Å².